The van der Waals surface area contributed by atoms with E-state index >= 15 is 0 Å². The van der Waals surface area contributed by atoms with Crippen molar-refractivity contribution < 1.29 is 9.18 Å². The molecular formula is C21H20FNO. The smallest absolute Gasteiger partial charge is 0.163 e. The number of halogens is 1. The first kappa shape index (κ1) is 15.1. The molecule has 0 saturated carbocycles. The van der Waals surface area contributed by atoms with Crippen molar-refractivity contribution in [1.82, 2.24) is 4.98 Å². The van der Waals surface area contributed by atoms with Gasteiger partial charge < -0.3 is 4.98 Å². The van der Waals surface area contributed by atoms with E-state index in [1.165, 1.54) is 17.7 Å². The highest BCUT2D eigenvalue weighted by atomic mass is 19.1. The van der Waals surface area contributed by atoms with Gasteiger partial charge in [-0.25, -0.2) is 4.39 Å². The van der Waals surface area contributed by atoms with E-state index in [9.17, 15) is 9.18 Å². The SMILES string of the molecule is CC(C)c1ccc(-c2[nH]c3cc(F)cc4c3c2CCCC4=O)cc1. The maximum atomic E-state index is 13.9. The molecule has 2 aromatic carbocycles. The fourth-order valence-electron chi connectivity index (χ4n) is 3.68. The summed E-state index contributed by atoms with van der Waals surface area (Å²) in [4.78, 5) is 15.7. The number of H-pyrrole nitrogens is 1. The molecule has 122 valence electrons. The molecule has 0 saturated heterocycles. The van der Waals surface area contributed by atoms with Crippen LogP contribution in [0.15, 0.2) is 36.4 Å². The summed E-state index contributed by atoms with van der Waals surface area (Å²) >= 11 is 0. The summed E-state index contributed by atoms with van der Waals surface area (Å²) in [5.41, 5.74) is 5.79. The molecule has 4 rings (SSSR count). The highest BCUT2D eigenvalue weighted by Crippen LogP contribution is 2.37. The number of hydrogen-bond acceptors (Lipinski definition) is 1. The summed E-state index contributed by atoms with van der Waals surface area (Å²) in [6.45, 7) is 4.35. The van der Waals surface area contributed by atoms with Crippen LogP contribution < -0.4 is 0 Å². The summed E-state index contributed by atoms with van der Waals surface area (Å²) in [5.74, 6) is 0.169. The van der Waals surface area contributed by atoms with Crippen LogP contribution in [0.1, 0.15) is 54.1 Å². The molecule has 3 heteroatoms. The molecule has 0 spiro atoms. The first-order valence-corrected chi connectivity index (χ1v) is 8.52. The summed E-state index contributed by atoms with van der Waals surface area (Å²) in [5, 5.41) is 0.904. The number of nitrogens with one attached hydrogen (secondary N) is 1. The van der Waals surface area contributed by atoms with Gasteiger partial charge in [-0.15, -0.1) is 0 Å². The summed E-state index contributed by atoms with van der Waals surface area (Å²) in [6.07, 6.45) is 2.13. The van der Waals surface area contributed by atoms with Crippen LogP contribution >= 0.6 is 0 Å². The van der Waals surface area contributed by atoms with E-state index in [4.69, 9.17) is 0 Å². The summed E-state index contributed by atoms with van der Waals surface area (Å²) in [6, 6.07) is 11.4. The lowest BCUT2D eigenvalue weighted by Gasteiger charge is -2.08. The average molecular weight is 321 g/mol. The van der Waals surface area contributed by atoms with Crippen LogP contribution in [0.3, 0.4) is 0 Å². The van der Waals surface area contributed by atoms with E-state index < -0.39 is 0 Å². The minimum atomic E-state index is -0.359. The number of aromatic nitrogens is 1. The van der Waals surface area contributed by atoms with Crippen molar-refractivity contribution in [3.8, 4) is 11.3 Å². The van der Waals surface area contributed by atoms with Crippen LogP contribution in [0.25, 0.3) is 22.2 Å². The van der Waals surface area contributed by atoms with Crippen molar-refractivity contribution in [2.45, 2.75) is 39.0 Å². The average Bonchev–Trinajstić information content (AvgIpc) is 2.83. The lowest BCUT2D eigenvalue weighted by molar-refractivity contribution is 0.0982. The van der Waals surface area contributed by atoms with Gasteiger partial charge >= 0.3 is 0 Å². The van der Waals surface area contributed by atoms with E-state index in [1.54, 1.807) is 0 Å². The Morgan fingerprint density at radius 2 is 1.83 bits per heavy atom. The highest BCUT2D eigenvalue weighted by Gasteiger charge is 2.23. The molecule has 0 unspecified atom stereocenters. The number of aromatic amines is 1. The minimum absolute atomic E-state index is 0.0407. The maximum absolute atomic E-state index is 13.9. The van der Waals surface area contributed by atoms with E-state index in [0.717, 1.165) is 40.6 Å². The normalized spacial score (nSPS) is 14.4. The first-order valence-electron chi connectivity index (χ1n) is 8.52. The van der Waals surface area contributed by atoms with Crippen LogP contribution in [-0.2, 0) is 6.42 Å². The molecule has 24 heavy (non-hydrogen) atoms. The molecule has 1 aliphatic carbocycles. The van der Waals surface area contributed by atoms with Gasteiger partial charge in [0.25, 0.3) is 0 Å². The molecule has 0 fully saturated rings. The van der Waals surface area contributed by atoms with Gasteiger partial charge in [0, 0.05) is 28.6 Å². The van der Waals surface area contributed by atoms with Gasteiger partial charge in [-0.05, 0) is 47.6 Å². The Morgan fingerprint density at radius 3 is 2.54 bits per heavy atom. The predicted octanol–water partition coefficient (Wildman–Crippen LogP) is 5.62. The molecule has 0 aliphatic heterocycles. The molecule has 0 amide bonds. The van der Waals surface area contributed by atoms with Crippen molar-refractivity contribution in [2.24, 2.45) is 0 Å². The monoisotopic (exact) mass is 321 g/mol. The molecule has 0 radical (unpaired) electrons. The number of rotatable bonds is 2. The number of ketones is 1. The second kappa shape index (κ2) is 5.59. The molecule has 0 bridgehead atoms. The van der Waals surface area contributed by atoms with Gasteiger partial charge in [-0.1, -0.05) is 38.1 Å². The van der Waals surface area contributed by atoms with E-state index in [-0.39, 0.29) is 11.6 Å². The Hall–Kier alpha value is -2.42. The van der Waals surface area contributed by atoms with Crippen molar-refractivity contribution in [1.29, 1.82) is 0 Å². The molecule has 2 nitrogen and oxygen atoms in total. The predicted molar refractivity (Wildman–Crippen MR) is 95.1 cm³/mol. The number of Topliss-reactive ketones (excluding diaryl/α,β-unsaturated/α-hetero) is 1. The van der Waals surface area contributed by atoms with Crippen molar-refractivity contribution in [2.75, 3.05) is 0 Å². The topological polar surface area (TPSA) is 32.9 Å². The molecule has 0 atom stereocenters. The summed E-state index contributed by atoms with van der Waals surface area (Å²) < 4.78 is 13.9. The maximum Gasteiger partial charge on any atom is 0.163 e. The summed E-state index contributed by atoms with van der Waals surface area (Å²) in [7, 11) is 0. The van der Waals surface area contributed by atoms with Crippen LogP contribution in [0.2, 0.25) is 0 Å². The number of benzene rings is 2. The van der Waals surface area contributed by atoms with Crippen molar-refractivity contribution >= 4 is 16.7 Å². The number of aryl methyl sites for hydroxylation is 1. The Labute approximate surface area is 140 Å². The zero-order valence-corrected chi connectivity index (χ0v) is 13.9. The van der Waals surface area contributed by atoms with Crippen molar-refractivity contribution in [3.63, 3.8) is 0 Å². The highest BCUT2D eigenvalue weighted by molar-refractivity contribution is 6.11. The Kier molecular flexibility index (Phi) is 3.52. The zero-order chi connectivity index (χ0) is 16.8. The van der Waals surface area contributed by atoms with Gasteiger partial charge in [-0.3, -0.25) is 4.79 Å². The largest absolute Gasteiger partial charge is 0.354 e. The van der Waals surface area contributed by atoms with E-state index in [2.05, 4.69) is 43.1 Å². The van der Waals surface area contributed by atoms with Gasteiger partial charge in [0.1, 0.15) is 5.82 Å². The third kappa shape index (κ3) is 2.35. The third-order valence-corrected chi connectivity index (χ3v) is 4.96. The van der Waals surface area contributed by atoms with E-state index in [1.807, 2.05) is 0 Å². The van der Waals surface area contributed by atoms with Crippen LogP contribution in [0.4, 0.5) is 4.39 Å². The molecular weight excluding hydrogens is 301 g/mol. The molecule has 1 aliphatic rings. The molecule has 1 heterocycles. The lowest BCUT2D eigenvalue weighted by atomic mass is 9.97. The fourth-order valence-corrected chi connectivity index (χ4v) is 3.68. The number of carbonyl (C=O) groups is 1. The Balaban J connectivity index is 1.95. The van der Waals surface area contributed by atoms with Gasteiger partial charge in [0.05, 0.1) is 0 Å². The lowest BCUT2D eigenvalue weighted by Crippen LogP contribution is -1.98. The van der Waals surface area contributed by atoms with Crippen LogP contribution in [0.5, 0.6) is 0 Å². The second-order valence-corrected chi connectivity index (χ2v) is 6.91. The van der Waals surface area contributed by atoms with E-state index in [0.29, 0.717) is 17.9 Å². The minimum Gasteiger partial charge on any atom is -0.354 e. The third-order valence-electron chi connectivity index (χ3n) is 4.96. The quantitative estimate of drug-likeness (QED) is 0.653. The number of carbonyl (C=O) groups excluding carboxylic acids is 1. The van der Waals surface area contributed by atoms with Crippen molar-refractivity contribution in [3.05, 3.63) is 58.9 Å². The van der Waals surface area contributed by atoms with Gasteiger partial charge in [0.15, 0.2) is 5.78 Å². The van der Waals surface area contributed by atoms with Crippen LogP contribution in [0, 0.1) is 5.82 Å². The first-order chi connectivity index (χ1) is 11.5. The standard InChI is InChI=1S/C21H20FNO/c1-12(2)13-6-8-14(9-7-13)21-16-4-3-5-19(24)17-10-15(22)11-18(23-21)20(16)17/h6-12,23H,3-5H2,1-2H3. The van der Waals surface area contributed by atoms with Gasteiger partial charge in [-0.2, -0.15) is 0 Å². The second-order valence-electron chi connectivity index (χ2n) is 6.91. The van der Waals surface area contributed by atoms with Crippen LogP contribution in [-0.4, -0.2) is 10.8 Å². The zero-order valence-electron chi connectivity index (χ0n) is 13.9. The molecule has 3 aromatic rings. The Morgan fingerprint density at radius 1 is 1.08 bits per heavy atom. The number of hydrogen-bond donors (Lipinski definition) is 1. The van der Waals surface area contributed by atoms with Gasteiger partial charge in [0.2, 0.25) is 0 Å². The molecule has 1 N–H and O–H groups in total. The fraction of sp³-hybridized carbons (Fsp3) is 0.286. The Bertz CT molecular complexity index is 935. The molecule has 1 aromatic heterocycles.